The number of halogens is 2. The van der Waals surface area contributed by atoms with Crippen LogP contribution in [0.4, 0.5) is 8.96 Å². The maximum absolute atomic E-state index is 11.9. The Morgan fingerprint density at radius 2 is 2.25 bits per heavy atom. The molecule has 0 amide bonds. The normalized spacial score (nSPS) is 22.0. The van der Waals surface area contributed by atoms with E-state index in [2.05, 4.69) is 4.99 Å². The average molecular weight is 121 g/mol. The summed E-state index contributed by atoms with van der Waals surface area (Å²) in [6, 6.07) is 0. The van der Waals surface area contributed by atoms with Gasteiger partial charge in [0.25, 0.3) is 0 Å². The quantitative estimate of drug-likeness (QED) is 0.430. The van der Waals surface area contributed by atoms with Crippen molar-refractivity contribution in [2.45, 2.75) is 0 Å². The second kappa shape index (κ2) is 2.04. The highest BCUT2D eigenvalue weighted by molar-refractivity contribution is 5.53. The van der Waals surface area contributed by atoms with Crippen LogP contribution >= 0.6 is 0 Å². The zero-order valence-electron chi connectivity index (χ0n) is 4.09. The lowest BCUT2D eigenvalue weighted by atomic mass is 10.8. The second-order valence-corrected chi connectivity index (χ2v) is 1.44. The smallest absolute Gasteiger partial charge is 0.134 e. The predicted molar refractivity (Wildman–Crippen MR) is 24.1 cm³/mol. The van der Waals surface area contributed by atoms with Gasteiger partial charge in [0.2, 0.25) is 0 Å². The Balaban J connectivity index is 2.42. The molecule has 1 rings (SSSR count). The Labute approximate surface area is 45.1 Å². The number of nitrogens with zero attached hydrogens (tertiary/aromatic N) is 3. The van der Waals surface area contributed by atoms with Crippen molar-refractivity contribution in [1.82, 2.24) is 10.2 Å². The Hall–Kier alpha value is -0.710. The Morgan fingerprint density at radius 1 is 1.50 bits per heavy atom. The Bertz CT molecular complexity index is 105. The fraction of sp³-hybridized carbons (Fsp3) is 0.667. The van der Waals surface area contributed by atoms with Crippen molar-refractivity contribution < 1.29 is 8.96 Å². The van der Waals surface area contributed by atoms with Crippen LogP contribution in [0.2, 0.25) is 0 Å². The molecular weight excluding hydrogens is 116 g/mol. The standard InChI is InChI=1S/C3H5F2N3/c4-7-1-6-2-8(5)3-7/h1H,2-3H2. The summed E-state index contributed by atoms with van der Waals surface area (Å²) in [5, 5.41) is 0.434. The molecule has 1 aliphatic rings. The van der Waals surface area contributed by atoms with Gasteiger partial charge in [-0.25, -0.2) is 0 Å². The van der Waals surface area contributed by atoms with E-state index in [1.165, 1.54) is 0 Å². The lowest BCUT2D eigenvalue weighted by Crippen LogP contribution is -2.31. The minimum absolute atomic E-state index is 0.0690. The van der Waals surface area contributed by atoms with E-state index in [4.69, 9.17) is 0 Å². The summed E-state index contributed by atoms with van der Waals surface area (Å²) in [5.74, 6) is 0. The third-order valence-corrected chi connectivity index (χ3v) is 0.731. The molecule has 46 valence electrons. The summed E-state index contributed by atoms with van der Waals surface area (Å²) in [6.45, 7) is -0.413. The molecule has 0 spiro atoms. The summed E-state index contributed by atoms with van der Waals surface area (Å²) < 4.78 is 23.7. The first-order chi connectivity index (χ1) is 3.79. The Morgan fingerprint density at radius 3 is 2.62 bits per heavy atom. The van der Waals surface area contributed by atoms with Crippen LogP contribution in [-0.4, -0.2) is 29.9 Å². The van der Waals surface area contributed by atoms with Crippen LogP contribution in [0.3, 0.4) is 0 Å². The van der Waals surface area contributed by atoms with Crippen molar-refractivity contribution >= 4 is 6.34 Å². The molecule has 0 saturated carbocycles. The van der Waals surface area contributed by atoms with Gasteiger partial charge in [-0.1, -0.05) is 4.48 Å². The zero-order valence-corrected chi connectivity index (χ0v) is 4.09. The molecule has 0 bridgehead atoms. The first kappa shape index (κ1) is 5.43. The number of rotatable bonds is 0. The van der Waals surface area contributed by atoms with E-state index >= 15 is 0 Å². The van der Waals surface area contributed by atoms with E-state index in [1.807, 2.05) is 0 Å². The van der Waals surface area contributed by atoms with Crippen LogP contribution in [0.15, 0.2) is 4.99 Å². The van der Waals surface area contributed by atoms with Gasteiger partial charge in [-0.2, -0.15) is 5.12 Å². The van der Waals surface area contributed by atoms with Crippen molar-refractivity contribution in [3.8, 4) is 0 Å². The van der Waals surface area contributed by atoms with Crippen LogP contribution in [0.5, 0.6) is 0 Å². The van der Waals surface area contributed by atoms with E-state index in [9.17, 15) is 8.96 Å². The van der Waals surface area contributed by atoms with Crippen LogP contribution < -0.4 is 0 Å². The predicted octanol–water partition coefficient (Wildman–Crippen LogP) is 0.316. The first-order valence-corrected chi connectivity index (χ1v) is 2.12. The van der Waals surface area contributed by atoms with Crippen molar-refractivity contribution in [2.24, 2.45) is 4.99 Å². The summed E-state index contributed by atoms with van der Waals surface area (Å²) in [4.78, 5) is 3.32. The fourth-order valence-electron chi connectivity index (χ4n) is 0.442. The Kier molecular flexibility index (Phi) is 1.38. The van der Waals surface area contributed by atoms with Gasteiger partial charge in [0.1, 0.15) is 19.7 Å². The van der Waals surface area contributed by atoms with Crippen molar-refractivity contribution in [2.75, 3.05) is 13.3 Å². The van der Waals surface area contributed by atoms with E-state index in [-0.39, 0.29) is 23.6 Å². The second-order valence-electron chi connectivity index (χ2n) is 1.44. The average Bonchev–Trinajstić information content (AvgIpc) is 1.64. The first-order valence-electron chi connectivity index (χ1n) is 2.12. The molecule has 0 aromatic rings. The van der Waals surface area contributed by atoms with Gasteiger partial charge < -0.3 is 0 Å². The highest BCUT2D eigenvalue weighted by Crippen LogP contribution is 1.98. The molecule has 3 nitrogen and oxygen atoms in total. The van der Waals surface area contributed by atoms with Crippen LogP contribution in [0.25, 0.3) is 0 Å². The van der Waals surface area contributed by atoms with E-state index < -0.39 is 0 Å². The van der Waals surface area contributed by atoms with Crippen LogP contribution in [-0.2, 0) is 0 Å². The highest BCUT2D eigenvalue weighted by atomic mass is 19.2. The molecule has 0 radical (unpaired) electrons. The van der Waals surface area contributed by atoms with Gasteiger partial charge in [0.15, 0.2) is 0 Å². The van der Waals surface area contributed by atoms with E-state index in [0.29, 0.717) is 0 Å². The minimum atomic E-state index is -0.344. The molecule has 0 fully saturated rings. The zero-order chi connectivity index (χ0) is 5.98. The molecule has 0 aromatic heterocycles. The molecule has 5 heteroatoms. The number of aliphatic imine (C=N–C) groups is 1. The summed E-state index contributed by atoms with van der Waals surface area (Å²) in [7, 11) is 0. The summed E-state index contributed by atoms with van der Waals surface area (Å²) in [6.07, 6.45) is 0.954. The third-order valence-electron chi connectivity index (χ3n) is 0.731. The molecule has 0 saturated heterocycles. The summed E-state index contributed by atoms with van der Waals surface area (Å²) in [5.41, 5.74) is 0. The molecule has 1 aliphatic heterocycles. The van der Waals surface area contributed by atoms with E-state index in [0.717, 1.165) is 6.34 Å². The van der Waals surface area contributed by atoms with Gasteiger partial charge in [0, 0.05) is 0 Å². The molecule has 8 heavy (non-hydrogen) atoms. The van der Waals surface area contributed by atoms with Crippen molar-refractivity contribution in [3.05, 3.63) is 0 Å². The molecule has 0 atom stereocenters. The topological polar surface area (TPSA) is 18.8 Å². The number of hydrogen-bond donors (Lipinski definition) is 0. The van der Waals surface area contributed by atoms with Gasteiger partial charge in [-0.3, -0.25) is 4.99 Å². The van der Waals surface area contributed by atoms with Crippen molar-refractivity contribution in [3.63, 3.8) is 0 Å². The van der Waals surface area contributed by atoms with Gasteiger partial charge in [-0.15, -0.1) is 9.60 Å². The SMILES string of the molecule is FN1C=NCN(F)C1. The van der Waals surface area contributed by atoms with Gasteiger partial charge in [0.05, 0.1) is 0 Å². The van der Waals surface area contributed by atoms with Crippen LogP contribution in [0.1, 0.15) is 0 Å². The van der Waals surface area contributed by atoms with Crippen molar-refractivity contribution in [1.29, 1.82) is 0 Å². The molecule has 0 unspecified atom stereocenters. The molecule has 0 aliphatic carbocycles. The van der Waals surface area contributed by atoms with Gasteiger partial charge in [-0.05, 0) is 0 Å². The monoisotopic (exact) mass is 121 g/mol. The summed E-state index contributed by atoms with van der Waals surface area (Å²) >= 11 is 0. The van der Waals surface area contributed by atoms with Gasteiger partial charge >= 0.3 is 0 Å². The molecule has 0 aromatic carbocycles. The third kappa shape index (κ3) is 1.13. The fourth-order valence-corrected chi connectivity index (χ4v) is 0.442. The maximum atomic E-state index is 11.9. The molecule has 1 heterocycles. The molecular formula is C3H5F2N3. The minimum Gasteiger partial charge on any atom is -0.255 e. The molecule has 0 N–H and O–H groups in total. The maximum Gasteiger partial charge on any atom is 0.134 e. The van der Waals surface area contributed by atoms with Crippen LogP contribution in [0, 0.1) is 0 Å². The lowest BCUT2D eigenvalue weighted by molar-refractivity contribution is -0.0679. The lowest BCUT2D eigenvalue weighted by Gasteiger charge is -2.16. The largest absolute Gasteiger partial charge is 0.255 e. The number of hydrogen-bond acceptors (Lipinski definition) is 3. The van der Waals surface area contributed by atoms with E-state index in [1.54, 1.807) is 0 Å². The highest BCUT2D eigenvalue weighted by Gasteiger charge is 2.09.